The number of rotatable bonds is 5. The molecule has 1 aliphatic rings. The minimum Gasteiger partial charge on any atom is -0.477 e. The van der Waals surface area contributed by atoms with Crippen LogP contribution in [0.3, 0.4) is 0 Å². The first-order chi connectivity index (χ1) is 14.4. The van der Waals surface area contributed by atoms with Crippen molar-refractivity contribution in [2.24, 2.45) is 0 Å². The lowest BCUT2D eigenvalue weighted by atomic mass is 9.98. The second-order valence-corrected chi connectivity index (χ2v) is 7.14. The number of alkyl halides is 3. The van der Waals surface area contributed by atoms with E-state index >= 15 is 0 Å². The lowest BCUT2D eigenvalue weighted by molar-refractivity contribution is -0.138. The van der Waals surface area contributed by atoms with E-state index in [2.05, 4.69) is 26.3 Å². The number of aryl methyl sites for hydroxylation is 1. The van der Waals surface area contributed by atoms with Gasteiger partial charge < -0.3 is 14.5 Å². The molecule has 3 heterocycles. The molecule has 0 bridgehead atoms. The number of nitrogens with one attached hydrogen (secondary N) is 1. The van der Waals surface area contributed by atoms with E-state index in [1.54, 1.807) is 6.20 Å². The zero-order valence-electron chi connectivity index (χ0n) is 16.7. The summed E-state index contributed by atoms with van der Waals surface area (Å²) in [6, 6.07) is 2.12. The Balaban J connectivity index is 1.80. The van der Waals surface area contributed by atoms with Crippen LogP contribution in [0.5, 0.6) is 5.88 Å². The molecule has 0 radical (unpaired) electrons. The molecule has 1 N–H and O–H groups in total. The topological polar surface area (TPSA) is 64.3 Å². The van der Waals surface area contributed by atoms with E-state index in [1.165, 1.54) is 0 Å². The van der Waals surface area contributed by atoms with Crippen LogP contribution in [-0.2, 0) is 6.42 Å². The number of aromatic nitrogens is 4. The van der Waals surface area contributed by atoms with Crippen LogP contribution in [0, 0.1) is 0 Å². The molecule has 30 heavy (non-hydrogen) atoms. The maximum Gasteiger partial charge on any atom is 0.408 e. The summed E-state index contributed by atoms with van der Waals surface area (Å²) in [5.41, 5.74) is 4.10. The van der Waals surface area contributed by atoms with Crippen molar-refractivity contribution < 1.29 is 17.9 Å². The van der Waals surface area contributed by atoms with Gasteiger partial charge in [0.05, 0.1) is 17.9 Å². The van der Waals surface area contributed by atoms with Gasteiger partial charge in [0.2, 0.25) is 11.8 Å². The number of anilines is 1. The van der Waals surface area contributed by atoms with Gasteiger partial charge in [0.1, 0.15) is 11.7 Å². The van der Waals surface area contributed by atoms with Crippen LogP contribution < -0.4 is 10.1 Å². The number of fused-ring (bicyclic) bond motifs is 2. The maximum absolute atomic E-state index is 13.0. The molecule has 3 aromatic heterocycles. The fourth-order valence-corrected chi connectivity index (χ4v) is 3.48. The molecule has 1 aliphatic carbocycles. The van der Waals surface area contributed by atoms with Gasteiger partial charge in [-0.3, -0.25) is 0 Å². The highest BCUT2D eigenvalue weighted by atomic mass is 19.4. The normalized spacial score (nSPS) is 15.3. The summed E-state index contributed by atoms with van der Waals surface area (Å²) < 4.78 is 46.7. The molecule has 9 heteroatoms. The van der Waals surface area contributed by atoms with Gasteiger partial charge in [0.25, 0.3) is 0 Å². The van der Waals surface area contributed by atoms with E-state index in [-0.39, 0.29) is 5.95 Å². The van der Waals surface area contributed by atoms with Crippen molar-refractivity contribution in [3.63, 3.8) is 0 Å². The fourth-order valence-electron chi connectivity index (χ4n) is 3.48. The highest BCUT2D eigenvalue weighted by Crippen LogP contribution is 2.37. The fraction of sp³-hybridized carbons (Fsp3) is 0.381. The Bertz CT molecular complexity index is 1090. The van der Waals surface area contributed by atoms with E-state index < -0.39 is 12.2 Å². The standard InChI is InChI=1S/C21H22F3N5O/c1-3-30-19-18-15(14-8-9-17-25-10-11-29(17)12-14)6-4-5-7-16(18)27-20(28-19)26-13(2)21(22,23)24/h6,8-13H,3-5,7H2,1-2H3,(H,26,27,28)/t13-/m1/s1. The Morgan fingerprint density at radius 3 is 2.87 bits per heavy atom. The van der Waals surface area contributed by atoms with Gasteiger partial charge in [0, 0.05) is 18.6 Å². The Morgan fingerprint density at radius 2 is 2.10 bits per heavy atom. The van der Waals surface area contributed by atoms with Crippen LogP contribution in [-0.4, -0.2) is 38.2 Å². The average Bonchev–Trinajstić information content (AvgIpc) is 3.06. The van der Waals surface area contributed by atoms with Crippen molar-refractivity contribution in [2.75, 3.05) is 11.9 Å². The van der Waals surface area contributed by atoms with Crippen molar-refractivity contribution in [2.45, 2.75) is 45.3 Å². The van der Waals surface area contributed by atoms with E-state index in [1.807, 2.05) is 35.9 Å². The molecule has 4 rings (SSSR count). The smallest absolute Gasteiger partial charge is 0.408 e. The van der Waals surface area contributed by atoms with Gasteiger partial charge >= 0.3 is 6.18 Å². The van der Waals surface area contributed by atoms with Crippen molar-refractivity contribution in [1.29, 1.82) is 0 Å². The molecule has 0 saturated carbocycles. The Kier molecular flexibility index (Phi) is 5.36. The molecule has 158 valence electrons. The van der Waals surface area contributed by atoms with Crippen molar-refractivity contribution in [1.82, 2.24) is 19.4 Å². The molecule has 0 amide bonds. The van der Waals surface area contributed by atoms with Crippen LogP contribution in [0.4, 0.5) is 19.1 Å². The first kappa shape index (κ1) is 20.2. The number of hydrogen-bond acceptors (Lipinski definition) is 5. The van der Waals surface area contributed by atoms with Crippen molar-refractivity contribution >= 4 is 17.2 Å². The predicted molar refractivity (Wildman–Crippen MR) is 108 cm³/mol. The second kappa shape index (κ2) is 7.97. The summed E-state index contributed by atoms with van der Waals surface area (Å²) in [5.74, 6) is 0.214. The van der Waals surface area contributed by atoms with Crippen LogP contribution in [0.25, 0.3) is 11.2 Å². The van der Waals surface area contributed by atoms with Crippen molar-refractivity contribution in [3.05, 3.63) is 53.6 Å². The third-order valence-corrected chi connectivity index (χ3v) is 5.00. The quantitative estimate of drug-likeness (QED) is 0.655. The van der Waals surface area contributed by atoms with Gasteiger partial charge in [-0.1, -0.05) is 6.08 Å². The van der Waals surface area contributed by atoms with Crippen LogP contribution >= 0.6 is 0 Å². The number of ether oxygens (including phenoxy) is 1. The summed E-state index contributed by atoms with van der Waals surface area (Å²) in [7, 11) is 0. The van der Waals surface area contributed by atoms with E-state index in [9.17, 15) is 13.2 Å². The molecule has 0 fully saturated rings. The summed E-state index contributed by atoms with van der Waals surface area (Å²) in [5, 5.41) is 2.37. The van der Waals surface area contributed by atoms with Gasteiger partial charge in [0.15, 0.2) is 0 Å². The monoisotopic (exact) mass is 417 g/mol. The SMILES string of the molecule is CCOc1nc(N[C@H](C)C(F)(F)F)nc2c1C(c1ccc3nccn3c1)=CCCC2. The first-order valence-electron chi connectivity index (χ1n) is 9.87. The minimum absolute atomic E-state index is 0.0756. The third kappa shape index (κ3) is 3.96. The summed E-state index contributed by atoms with van der Waals surface area (Å²) >= 11 is 0. The number of imidazole rings is 1. The Hall–Kier alpha value is -3.10. The van der Waals surface area contributed by atoms with Crippen LogP contribution in [0.1, 0.15) is 43.5 Å². The maximum atomic E-state index is 13.0. The largest absolute Gasteiger partial charge is 0.477 e. The lowest BCUT2D eigenvalue weighted by Gasteiger charge is -2.20. The van der Waals surface area contributed by atoms with E-state index in [4.69, 9.17) is 4.74 Å². The molecule has 0 unspecified atom stereocenters. The predicted octanol–water partition coefficient (Wildman–Crippen LogP) is 4.65. The molecule has 3 aromatic rings. The number of hydrogen-bond donors (Lipinski definition) is 1. The summed E-state index contributed by atoms with van der Waals surface area (Å²) in [6.07, 6.45) is 5.55. The second-order valence-electron chi connectivity index (χ2n) is 7.14. The molecule has 1 atom stereocenters. The Labute approximate surface area is 171 Å². The van der Waals surface area contributed by atoms with Crippen molar-refractivity contribution in [3.8, 4) is 5.88 Å². The zero-order chi connectivity index (χ0) is 21.3. The van der Waals surface area contributed by atoms with Crippen LogP contribution in [0.15, 0.2) is 36.8 Å². The number of halogens is 3. The third-order valence-electron chi connectivity index (χ3n) is 5.00. The number of pyridine rings is 1. The van der Waals surface area contributed by atoms with E-state index in [0.717, 1.165) is 42.1 Å². The Morgan fingerprint density at radius 1 is 1.27 bits per heavy atom. The van der Waals surface area contributed by atoms with Gasteiger partial charge in [-0.15, -0.1) is 0 Å². The zero-order valence-corrected chi connectivity index (χ0v) is 16.7. The summed E-state index contributed by atoms with van der Waals surface area (Å²) in [4.78, 5) is 13.0. The highest BCUT2D eigenvalue weighted by Gasteiger charge is 2.37. The molecule has 6 nitrogen and oxygen atoms in total. The molecular weight excluding hydrogens is 395 g/mol. The molecule has 0 saturated heterocycles. The minimum atomic E-state index is -4.40. The number of nitrogens with zero attached hydrogens (tertiary/aromatic N) is 4. The van der Waals surface area contributed by atoms with Crippen LogP contribution in [0.2, 0.25) is 0 Å². The molecule has 0 aliphatic heterocycles. The average molecular weight is 417 g/mol. The number of allylic oxidation sites excluding steroid dienone is 1. The lowest BCUT2D eigenvalue weighted by Crippen LogP contribution is -2.34. The van der Waals surface area contributed by atoms with Gasteiger partial charge in [-0.05, 0) is 56.4 Å². The van der Waals surface area contributed by atoms with Gasteiger partial charge in [-0.2, -0.15) is 18.2 Å². The highest BCUT2D eigenvalue weighted by molar-refractivity contribution is 5.84. The molecule has 0 spiro atoms. The summed E-state index contributed by atoms with van der Waals surface area (Å²) in [6.45, 7) is 3.20. The molecule has 0 aromatic carbocycles. The molecular formula is C21H22F3N5O. The van der Waals surface area contributed by atoms with Gasteiger partial charge in [-0.25, -0.2) is 9.97 Å². The van der Waals surface area contributed by atoms with E-state index in [0.29, 0.717) is 24.6 Å². The first-order valence-corrected chi connectivity index (χ1v) is 9.87.